The Bertz CT molecular complexity index is 973. The van der Waals surface area contributed by atoms with Crippen LogP contribution in [0.1, 0.15) is 18.1 Å². The first-order valence-electron chi connectivity index (χ1n) is 9.75. The Kier molecular flexibility index (Phi) is 7.57. The number of hydrogen-bond donors (Lipinski definition) is 2. The molecule has 0 bridgehead atoms. The summed E-state index contributed by atoms with van der Waals surface area (Å²) in [5.41, 5.74) is 4.08. The maximum absolute atomic E-state index is 12.1. The van der Waals surface area contributed by atoms with Gasteiger partial charge in [-0.25, -0.2) is 0 Å². The van der Waals surface area contributed by atoms with E-state index >= 15 is 0 Å². The summed E-state index contributed by atoms with van der Waals surface area (Å²) in [6.45, 7) is 2.67. The zero-order valence-electron chi connectivity index (χ0n) is 17.1. The van der Waals surface area contributed by atoms with E-state index in [0.29, 0.717) is 28.8 Å². The van der Waals surface area contributed by atoms with Crippen molar-refractivity contribution in [2.24, 2.45) is 0 Å². The highest BCUT2D eigenvalue weighted by atomic mass is 35.5. The average Bonchev–Trinajstić information content (AvgIpc) is 2.78. The van der Waals surface area contributed by atoms with Crippen LogP contribution in [-0.4, -0.2) is 19.6 Å². The predicted octanol–water partition coefficient (Wildman–Crippen LogP) is 5.54. The minimum atomic E-state index is -0.263. The van der Waals surface area contributed by atoms with Crippen molar-refractivity contribution in [2.45, 2.75) is 19.9 Å². The highest BCUT2D eigenvalue weighted by Crippen LogP contribution is 2.28. The van der Waals surface area contributed by atoms with E-state index in [-0.39, 0.29) is 12.5 Å². The van der Waals surface area contributed by atoms with Crippen molar-refractivity contribution < 1.29 is 14.3 Å². The van der Waals surface area contributed by atoms with Crippen molar-refractivity contribution in [2.75, 3.05) is 24.4 Å². The first kappa shape index (κ1) is 21.5. The molecule has 0 aliphatic rings. The van der Waals surface area contributed by atoms with Crippen LogP contribution in [0.15, 0.2) is 66.7 Å². The van der Waals surface area contributed by atoms with Crippen LogP contribution in [0.4, 0.5) is 11.4 Å². The van der Waals surface area contributed by atoms with E-state index in [0.717, 1.165) is 17.7 Å². The van der Waals surface area contributed by atoms with Crippen LogP contribution < -0.4 is 20.1 Å². The lowest BCUT2D eigenvalue weighted by Crippen LogP contribution is -2.20. The molecular weight excluding hydrogens is 400 g/mol. The number of rotatable bonds is 9. The van der Waals surface area contributed by atoms with Crippen LogP contribution >= 0.6 is 11.6 Å². The van der Waals surface area contributed by atoms with Gasteiger partial charge in [0, 0.05) is 22.9 Å². The molecule has 3 aromatic rings. The molecule has 0 aliphatic carbocycles. The molecule has 1 amide bonds. The second-order valence-electron chi connectivity index (χ2n) is 6.73. The third-order valence-corrected chi connectivity index (χ3v) is 4.83. The molecule has 0 spiro atoms. The number of carbonyl (C=O) groups excluding carboxylic acids is 1. The number of anilines is 2. The van der Waals surface area contributed by atoms with E-state index in [4.69, 9.17) is 21.1 Å². The molecule has 3 aromatic carbocycles. The summed E-state index contributed by atoms with van der Waals surface area (Å²) in [7, 11) is 1.58. The normalized spacial score (nSPS) is 10.4. The van der Waals surface area contributed by atoms with E-state index < -0.39 is 0 Å². The molecule has 0 saturated heterocycles. The molecule has 6 heteroatoms. The SMILES string of the molecule is CCc1ccc(NCc2ccc(OCC(=O)Nc3ccc(Cl)cc3)c(OC)c2)cc1. The lowest BCUT2D eigenvalue weighted by molar-refractivity contribution is -0.118. The summed E-state index contributed by atoms with van der Waals surface area (Å²) in [5, 5.41) is 6.77. The second-order valence-corrected chi connectivity index (χ2v) is 7.17. The number of hydrogen-bond acceptors (Lipinski definition) is 4. The van der Waals surface area contributed by atoms with E-state index in [1.807, 2.05) is 18.2 Å². The summed E-state index contributed by atoms with van der Waals surface area (Å²) >= 11 is 5.85. The standard InChI is InChI=1S/C24H25ClN2O3/c1-3-17-4-9-20(10-5-17)26-15-18-6-13-22(23(14-18)29-2)30-16-24(28)27-21-11-7-19(25)8-12-21/h4-14,26H,3,15-16H2,1-2H3,(H,27,28). The molecular formula is C24H25ClN2O3. The number of carbonyl (C=O) groups is 1. The lowest BCUT2D eigenvalue weighted by Gasteiger charge is -2.13. The largest absolute Gasteiger partial charge is 0.493 e. The summed E-state index contributed by atoms with van der Waals surface area (Å²) in [6.07, 6.45) is 1.02. The van der Waals surface area contributed by atoms with E-state index in [1.165, 1.54) is 5.56 Å². The fourth-order valence-electron chi connectivity index (χ4n) is 2.88. The van der Waals surface area contributed by atoms with Gasteiger partial charge in [-0.3, -0.25) is 4.79 Å². The van der Waals surface area contributed by atoms with Gasteiger partial charge in [0.1, 0.15) is 0 Å². The molecule has 0 atom stereocenters. The Labute approximate surface area is 182 Å². The number of benzene rings is 3. The van der Waals surface area contributed by atoms with Crippen molar-refractivity contribution in [1.29, 1.82) is 0 Å². The summed E-state index contributed by atoms with van der Waals surface area (Å²) in [5.74, 6) is 0.829. The van der Waals surface area contributed by atoms with Gasteiger partial charge in [-0.05, 0) is 66.1 Å². The number of aryl methyl sites for hydroxylation is 1. The molecule has 0 saturated carbocycles. The second kappa shape index (κ2) is 10.6. The molecule has 156 valence electrons. The van der Waals surface area contributed by atoms with Crippen molar-refractivity contribution in [3.63, 3.8) is 0 Å². The van der Waals surface area contributed by atoms with Crippen molar-refractivity contribution in [1.82, 2.24) is 0 Å². The number of ether oxygens (including phenoxy) is 2. The molecule has 0 radical (unpaired) electrons. The van der Waals surface area contributed by atoms with Gasteiger partial charge in [-0.1, -0.05) is 36.7 Å². The highest BCUT2D eigenvalue weighted by molar-refractivity contribution is 6.30. The molecule has 0 unspecified atom stereocenters. The number of nitrogens with one attached hydrogen (secondary N) is 2. The van der Waals surface area contributed by atoms with Crippen LogP contribution in [0.25, 0.3) is 0 Å². The fourth-order valence-corrected chi connectivity index (χ4v) is 3.00. The molecule has 3 rings (SSSR count). The minimum Gasteiger partial charge on any atom is -0.493 e. The average molecular weight is 425 g/mol. The smallest absolute Gasteiger partial charge is 0.262 e. The fraction of sp³-hybridized carbons (Fsp3) is 0.208. The van der Waals surface area contributed by atoms with Gasteiger partial charge in [0.25, 0.3) is 5.91 Å². The van der Waals surface area contributed by atoms with Gasteiger partial charge in [-0.2, -0.15) is 0 Å². The van der Waals surface area contributed by atoms with Crippen LogP contribution in [0, 0.1) is 0 Å². The Hall–Kier alpha value is -3.18. The van der Waals surface area contributed by atoms with Crippen LogP contribution in [0.3, 0.4) is 0 Å². The first-order valence-corrected chi connectivity index (χ1v) is 10.1. The highest BCUT2D eigenvalue weighted by Gasteiger charge is 2.09. The molecule has 0 heterocycles. The van der Waals surface area contributed by atoms with Gasteiger partial charge in [-0.15, -0.1) is 0 Å². The monoisotopic (exact) mass is 424 g/mol. The topological polar surface area (TPSA) is 59.6 Å². The van der Waals surface area contributed by atoms with Gasteiger partial charge >= 0.3 is 0 Å². The van der Waals surface area contributed by atoms with Gasteiger partial charge in [0.2, 0.25) is 0 Å². The summed E-state index contributed by atoms with van der Waals surface area (Å²) < 4.78 is 11.1. The molecule has 5 nitrogen and oxygen atoms in total. The Morgan fingerprint density at radius 1 is 0.900 bits per heavy atom. The van der Waals surface area contributed by atoms with Gasteiger partial charge < -0.3 is 20.1 Å². The van der Waals surface area contributed by atoms with Crippen molar-refractivity contribution >= 4 is 28.9 Å². The third kappa shape index (κ3) is 6.16. The zero-order chi connectivity index (χ0) is 21.3. The van der Waals surface area contributed by atoms with E-state index in [1.54, 1.807) is 31.4 Å². The molecule has 2 N–H and O–H groups in total. The van der Waals surface area contributed by atoms with E-state index in [9.17, 15) is 4.79 Å². The lowest BCUT2D eigenvalue weighted by atomic mass is 10.1. The predicted molar refractivity (Wildman–Crippen MR) is 122 cm³/mol. The maximum Gasteiger partial charge on any atom is 0.262 e. The Balaban J connectivity index is 1.55. The minimum absolute atomic E-state index is 0.125. The number of halogens is 1. The summed E-state index contributed by atoms with van der Waals surface area (Å²) in [4.78, 5) is 12.1. The third-order valence-electron chi connectivity index (χ3n) is 4.57. The van der Waals surface area contributed by atoms with Gasteiger partial charge in [0.05, 0.1) is 7.11 Å². The van der Waals surface area contributed by atoms with Crippen LogP contribution in [-0.2, 0) is 17.8 Å². The number of methoxy groups -OCH3 is 1. The molecule has 0 aromatic heterocycles. The van der Waals surface area contributed by atoms with E-state index in [2.05, 4.69) is 41.8 Å². The first-order chi connectivity index (χ1) is 14.6. The molecule has 0 aliphatic heterocycles. The zero-order valence-corrected chi connectivity index (χ0v) is 17.8. The van der Waals surface area contributed by atoms with Crippen LogP contribution in [0.5, 0.6) is 11.5 Å². The Morgan fingerprint density at radius 2 is 1.57 bits per heavy atom. The Morgan fingerprint density at radius 3 is 2.23 bits per heavy atom. The summed E-state index contributed by atoms with van der Waals surface area (Å²) in [6, 6.07) is 21.0. The van der Waals surface area contributed by atoms with Crippen LogP contribution in [0.2, 0.25) is 5.02 Å². The van der Waals surface area contributed by atoms with Crippen molar-refractivity contribution in [3.05, 3.63) is 82.9 Å². The molecule has 0 fully saturated rings. The number of amides is 1. The van der Waals surface area contributed by atoms with Crippen molar-refractivity contribution in [3.8, 4) is 11.5 Å². The van der Waals surface area contributed by atoms with Gasteiger partial charge in [0.15, 0.2) is 18.1 Å². The maximum atomic E-state index is 12.1. The quantitative estimate of drug-likeness (QED) is 0.473. The molecule has 30 heavy (non-hydrogen) atoms.